The third kappa shape index (κ3) is 4.18. The lowest BCUT2D eigenvalue weighted by Crippen LogP contribution is -2.33. The zero-order valence-corrected chi connectivity index (χ0v) is 9.95. The molecule has 0 aliphatic carbocycles. The molecule has 0 bridgehead atoms. The smallest absolute Gasteiger partial charge is 0.223 e. The van der Waals surface area contributed by atoms with Gasteiger partial charge < -0.3 is 15.0 Å². The van der Waals surface area contributed by atoms with Crippen molar-refractivity contribution in [1.29, 1.82) is 0 Å². The second-order valence-corrected chi connectivity index (χ2v) is 4.34. The number of amides is 1. The molecule has 0 saturated carbocycles. The molecule has 0 spiro atoms. The average molecular weight is 214 g/mol. The molecule has 88 valence electrons. The Morgan fingerprint density at radius 3 is 2.87 bits per heavy atom. The van der Waals surface area contributed by atoms with Crippen molar-refractivity contribution in [3.05, 3.63) is 0 Å². The van der Waals surface area contributed by atoms with Crippen LogP contribution in [-0.4, -0.2) is 49.7 Å². The van der Waals surface area contributed by atoms with Gasteiger partial charge in [-0.05, 0) is 6.42 Å². The molecule has 1 aliphatic heterocycles. The summed E-state index contributed by atoms with van der Waals surface area (Å²) in [6.45, 7) is 6.54. The Kier molecular flexibility index (Phi) is 5.05. The van der Waals surface area contributed by atoms with E-state index in [9.17, 15) is 4.79 Å². The van der Waals surface area contributed by atoms with Gasteiger partial charge in [0.1, 0.15) is 0 Å². The first kappa shape index (κ1) is 12.5. The van der Waals surface area contributed by atoms with Gasteiger partial charge in [-0.3, -0.25) is 4.79 Å². The van der Waals surface area contributed by atoms with Gasteiger partial charge in [-0.2, -0.15) is 0 Å². The third-order valence-corrected chi connectivity index (χ3v) is 2.72. The van der Waals surface area contributed by atoms with Crippen molar-refractivity contribution < 1.29 is 9.53 Å². The van der Waals surface area contributed by atoms with Gasteiger partial charge in [0.2, 0.25) is 5.91 Å². The molecule has 1 heterocycles. The van der Waals surface area contributed by atoms with E-state index >= 15 is 0 Å². The van der Waals surface area contributed by atoms with Crippen molar-refractivity contribution in [3.63, 3.8) is 0 Å². The standard InChI is InChI=1S/C11H22N2O2/c1-9(2)12-6-4-11(14)13-7-5-10(8-13)15-3/h9-10,12H,4-8H2,1-3H3. The highest BCUT2D eigenvalue weighted by molar-refractivity contribution is 5.76. The summed E-state index contributed by atoms with van der Waals surface area (Å²) in [5, 5.41) is 3.25. The molecule has 0 aromatic carbocycles. The van der Waals surface area contributed by atoms with Crippen LogP contribution >= 0.6 is 0 Å². The number of carbonyl (C=O) groups is 1. The van der Waals surface area contributed by atoms with Crippen LogP contribution in [0.25, 0.3) is 0 Å². The molecule has 0 aromatic rings. The van der Waals surface area contributed by atoms with Crippen molar-refractivity contribution in [3.8, 4) is 0 Å². The Hall–Kier alpha value is -0.610. The SMILES string of the molecule is COC1CCN(C(=O)CCNC(C)C)C1. The normalized spacial score (nSPS) is 21.3. The maximum atomic E-state index is 11.7. The van der Waals surface area contributed by atoms with Crippen LogP contribution < -0.4 is 5.32 Å². The number of likely N-dealkylation sites (tertiary alicyclic amines) is 1. The summed E-state index contributed by atoms with van der Waals surface area (Å²) in [6, 6.07) is 0.447. The van der Waals surface area contributed by atoms with Crippen LogP contribution in [0.2, 0.25) is 0 Å². The van der Waals surface area contributed by atoms with E-state index in [-0.39, 0.29) is 12.0 Å². The molecule has 1 aliphatic rings. The van der Waals surface area contributed by atoms with Gasteiger partial charge in [0.05, 0.1) is 6.10 Å². The molecule has 1 fully saturated rings. The Morgan fingerprint density at radius 2 is 2.33 bits per heavy atom. The number of nitrogens with zero attached hydrogens (tertiary/aromatic N) is 1. The van der Waals surface area contributed by atoms with Gasteiger partial charge in [-0.25, -0.2) is 0 Å². The fourth-order valence-electron chi connectivity index (χ4n) is 1.77. The Bertz CT molecular complexity index is 207. The zero-order chi connectivity index (χ0) is 11.3. The van der Waals surface area contributed by atoms with Crippen LogP contribution in [0.15, 0.2) is 0 Å². The summed E-state index contributed by atoms with van der Waals surface area (Å²) < 4.78 is 5.22. The number of hydrogen-bond donors (Lipinski definition) is 1. The van der Waals surface area contributed by atoms with E-state index in [0.29, 0.717) is 12.5 Å². The van der Waals surface area contributed by atoms with E-state index in [2.05, 4.69) is 19.2 Å². The van der Waals surface area contributed by atoms with Crippen LogP contribution in [0.3, 0.4) is 0 Å². The number of methoxy groups -OCH3 is 1. The highest BCUT2D eigenvalue weighted by Gasteiger charge is 2.25. The minimum atomic E-state index is 0.239. The number of rotatable bonds is 5. The van der Waals surface area contributed by atoms with Crippen molar-refractivity contribution in [2.75, 3.05) is 26.7 Å². The quantitative estimate of drug-likeness (QED) is 0.729. The van der Waals surface area contributed by atoms with Gasteiger partial charge in [-0.15, -0.1) is 0 Å². The first-order chi connectivity index (χ1) is 7.13. The van der Waals surface area contributed by atoms with Crippen LogP contribution in [-0.2, 0) is 9.53 Å². The fourth-order valence-corrected chi connectivity index (χ4v) is 1.77. The summed E-state index contributed by atoms with van der Waals surface area (Å²) in [5.74, 6) is 0.239. The van der Waals surface area contributed by atoms with E-state index in [1.165, 1.54) is 0 Å². The second kappa shape index (κ2) is 6.08. The van der Waals surface area contributed by atoms with Crippen LogP contribution in [0.5, 0.6) is 0 Å². The molecule has 1 atom stereocenters. The minimum Gasteiger partial charge on any atom is -0.380 e. The summed E-state index contributed by atoms with van der Waals surface area (Å²) in [6.07, 6.45) is 1.81. The highest BCUT2D eigenvalue weighted by atomic mass is 16.5. The van der Waals surface area contributed by atoms with E-state index < -0.39 is 0 Å². The average Bonchev–Trinajstić information content (AvgIpc) is 2.65. The Morgan fingerprint density at radius 1 is 1.60 bits per heavy atom. The first-order valence-corrected chi connectivity index (χ1v) is 5.67. The molecular weight excluding hydrogens is 192 g/mol. The van der Waals surface area contributed by atoms with Gasteiger partial charge in [0.15, 0.2) is 0 Å². The summed E-state index contributed by atoms with van der Waals surface area (Å²) >= 11 is 0. The second-order valence-electron chi connectivity index (χ2n) is 4.34. The van der Waals surface area contributed by atoms with Crippen molar-refractivity contribution in [2.24, 2.45) is 0 Å². The van der Waals surface area contributed by atoms with E-state index in [1.807, 2.05) is 4.90 Å². The largest absolute Gasteiger partial charge is 0.380 e. The lowest BCUT2D eigenvalue weighted by molar-refractivity contribution is -0.130. The van der Waals surface area contributed by atoms with Crippen molar-refractivity contribution in [2.45, 2.75) is 38.8 Å². The lowest BCUT2D eigenvalue weighted by Gasteiger charge is -2.16. The molecule has 1 saturated heterocycles. The Labute approximate surface area is 92.0 Å². The van der Waals surface area contributed by atoms with Crippen LogP contribution in [0.1, 0.15) is 26.7 Å². The lowest BCUT2D eigenvalue weighted by atomic mass is 10.3. The maximum Gasteiger partial charge on any atom is 0.223 e. The van der Waals surface area contributed by atoms with Crippen LogP contribution in [0, 0.1) is 0 Å². The molecule has 1 unspecified atom stereocenters. The molecule has 1 N–H and O–H groups in total. The van der Waals surface area contributed by atoms with E-state index in [0.717, 1.165) is 26.1 Å². The fraction of sp³-hybridized carbons (Fsp3) is 0.909. The molecule has 0 aromatic heterocycles. The van der Waals surface area contributed by atoms with Gasteiger partial charge in [-0.1, -0.05) is 13.8 Å². The molecule has 15 heavy (non-hydrogen) atoms. The molecule has 1 amide bonds. The van der Waals surface area contributed by atoms with Gasteiger partial charge >= 0.3 is 0 Å². The Balaban J connectivity index is 2.18. The van der Waals surface area contributed by atoms with E-state index in [4.69, 9.17) is 4.74 Å². The summed E-state index contributed by atoms with van der Waals surface area (Å²) in [7, 11) is 1.71. The third-order valence-electron chi connectivity index (χ3n) is 2.72. The highest BCUT2D eigenvalue weighted by Crippen LogP contribution is 2.12. The number of hydrogen-bond acceptors (Lipinski definition) is 3. The summed E-state index contributed by atoms with van der Waals surface area (Å²) in [4.78, 5) is 13.6. The van der Waals surface area contributed by atoms with Crippen molar-refractivity contribution in [1.82, 2.24) is 10.2 Å². The predicted octanol–water partition coefficient (Wildman–Crippen LogP) is 0.622. The number of nitrogens with one attached hydrogen (secondary N) is 1. The van der Waals surface area contributed by atoms with Gasteiger partial charge in [0, 0.05) is 39.2 Å². The molecule has 1 rings (SSSR count). The van der Waals surface area contributed by atoms with Crippen LogP contribution in [0.4, 0.5) is 0 Å². The maximum absolute atomic E-state index is 11.7. The van der Waals surface area contributed by atoms with E-state index in [1.54, 1.807) is 7.11 Å². The van der Waals surface area contributed by atoms with Gasteiger partial charge in [0.25, 0.3) is 0 Å². The first-order valence-electron chi connectivity index (χ1n) is 5.67. The minimum absolute atomic E-state index is 0.239. The predicted molar refractivity (Wildman–Crippen MR) is 59.7 cm³/mol. The number of carbonyl (C=O) groups excluding carboxylic acids is 1. The molecular formula is C11H22N2O2. The zero-order valence-electron chi connectivity index (χ0n) is 9.95. The molecule has 4 heteroatoms. The topological polar surface area (TPSA) is 41.6 Å². The molecule has 4 nitrogen and oxygen atoms in total. The molecule has 0 radical (unpaired) electrons. The number of ether oxygens (including phenoxy) is 1. The van der Waals surface area contributed by atoms with Crippen molar-refractivity contribution >= 4 is 5.91 Å². The summed E-state index contributed by atoms with van der Waals surface area (Å²) in [5.41, 5.74) is 0. The monoisotopic (exact) mass is 214 g/mol.